The van der Waals surface area contributed by atoms with E-state index in [1.165, 1.54) is 0 Å². The number of hydrogen-bond acceptors (Lipinski definition) is 4. The van der Waals surface area contributed by atoms with Gasteiger partial charge in [0.2, 0.25) is 0 Å². The molecule has 112 valence electrons. The minimum atomic E-state index is -0.355. The summed E-state index contributed by atoms with van der Waals surface area (Å²) < 4.78 is 17.5. The lowest BCUT2D eigenvalue weighted by Gasteiger charge is -2.32. The molecule has 6 heteroatoms. The first-order chi connectivity index (χ1) is 8.86. The Morgan fingerprint density at radius 2 is 1.75 bits per heavy atom. The van der Waals surface area contributed by atoms with E-state index in [-0.39, 0.29) is 30.7 Å². The first-order valence-corrected chi connectivity index (χ1v) is 6.64. The average Bonchev–Trinajstić information content (AvgIpc) is 2.56. The molecule has 0 spiro atoms. The Hall–Kier alpha value is -0.745. The van der Waals surface area contributed by atoms with Crippen molar-refractivity contribution in [3.63, 3.8) is 0 Å². The summed E-state index contributed by atoms with van der Waals surface area (Å²) in [7, 11) is -0.355. The molecule has 0 atom stereocenters. The molecular formula is C14H23BClNO3. The molecular weight excluding hydrogens is 276 g/mol. The van der Waals surface area contributed by atoms with Crippen molar-refractivity contribution in [2.24, 2.45) is 5.73 Å². The van der Waals surface area contributed by atoms with Crippen LogP contribution in [0, 0.1) is 0 Å². The van der Waals surface area contributed by atoms with Crippen LogP contribution in [0.2, 0.25) is 0 Å². The highest BCUT2D eigenvalue weighted by Crippen LogP contribution is 2.36. The fraction of sp³-hybridized carbons (Fsp3) is 0.571. The van der Waals surface area contributed by atoms with Gasteiger partial charge in [-0.3, -0.25) is 0 Å². The van der Waals surface area contributed by atoms with Crippen molar-refractivity contribution in [1.82, 2.24) is 0 Å². The van der Waals surface area contributed by atoms with E-state index in [0.717, 1.165) is 11.2 Å². The molecule has 1 saturated heterocycles. The van der Waals surface area contributed by atoms with E-state index in [1.807, 2.05) is 52.0 Å². The molecule has 1 heterocycles. The van der Waals surface area contributed by atoms with Crippen LogP contribution in [0.4, 0.5) is 0 Å². The number of benzene rings is 1. The second kappa shape index (κ2) is 6.35. The number of hydrogen-bond donors (Lipinski definition) is 1. The molecule has 0 radical (unpaired) electrons. The molecule has 20 heavy (non-hydrogen) atoms. The lowest BCUT2D eigenvalue weighted by molar-refractivity contribution is 0.00578. The van der Waals surface area contributed by atoms with Gasteiger partial charge in [0, 0.05) is 6.54 Å². The molecule has 0 aromatic heterocycles. The highest BCUT2D eigenvalue weighted by atomic mass is 35.5. The normalized spacial score (nSPS) is 19.6. The van der Waals surface area contributed by atoms with E-state index >= 15 is 0 Å². The summed E-state index contributed by atoms with van der Waals surface area (Å²) in [5, 5.41) is 0. The summed E-state index contributed by atoms with van der Waals surface area (Å²) in [4.78, 5) is 0. The lowest BCUT2D eigenvalue weighted by atomic mass is 9.79. The number of ether oxygens (including phenoxy) is 1. The fourth-order valence-corrected chi connectivity index (χ4v) is 1.91. The Balaban J connectivity index is 0.00000200. The van der Waals surface area contributed by atoms with Gasteiger partial charge in [0.1, 0.15) is 12.4 Å². The maximum Gasteiger partial charge on any atom is 0.494 e. The lowest BCUT2D eigenvalue weighted by Crippen LogP contribution is -2.41. The zero-order valence-corrected chi connectivity index (χ0v) is 13.3. The number of halogens is 1. The maximum atomic E-state index is 6.01. The zero-order valence-electron chi connectivity index (χ0n) is 12.5. The van der Waals surface area contributed by atoms with Gasteiger partial charge in [0.25, 0.3) is 0 Å². The number of nitrogens with two attached hydrogens (primary N) is 1. The third-order valence-corrected chi connectivity index (χ3v) is 3.77. The minimum absolute atomic E-state index is 0. The Bertz CT molecular complexity index is 438. The van der Waals surface area contributed by atoms with Gasteiger partial charge in [-0.05, 0) is 45.3 Å². The summed E-state index contributed by atoms with van der Waals surface area (Å²) in [6.07, 6.45) is 0. The van der Waals surface area contributed by atoms with Crippen molar-refractivity contribution >= 4 is 25.0 Å². The predicted octanol–water partition coefficient (Wildman–Crippen LogP) is 1.75. The van der Waals surface area contributed by atoms with Gasteiger partial charge in [0.15, 0.2) is 0 Å². The van der Waals surface area contributed by atoms with Crippen LogP contribution in [0.1, 0.15) is 27.7 Å². The van der Waals surface area contributed by atoms with E-state index in [4.69, 9.17) is 19.8 Å². The molecule has 0 amide bonds. The van der Waals surface area contributed by atoms with Gasteiger partial charge >= 0.3 is 7.12 Å². The third kappa shape index (κ3) is 3.47. The summed E-state index contributed by atoms with van der Waals surface area (Å²) in [5.74, 6) is 0.790. The first kappa shape index (κ1) is 17.3. The summed E-state index contributed by atoms with van der Waals surface area (Å²) >= 11 is 0. The smallest absolute Gasteiger partial charge is 0.492 e. The Labute approximate surface area is 127 Å². The van der Waals surface area contributed by atoms with E-state index in [9.17, 15) is 0 Å². The van der Waals surface area contributed by atoms with E-state index < -0.39 is 0 Å². The minimum Gasteiger partial charge on any atom is -0.492 e. The van der Waals surface area contributed by atoms with Crippen molar-refractivity contribution in [2.75, 3.05) is 13.2 Å². The third-order valence-electron chi connectivity index (χ3n) is 3.77. The van der Waals surface area contributed by atoms with Crippen molar-refractivity contribution in [1.29, 1.82) is 0 Å². The van der Waals surface area contributed by atoms with Crippen molar-refractivity contribution < 1.29 is 14.0 Å². The highest BCUT2D eigenvalue weighted by molar-refractivity contribution is 6.62. The van der Waals surface area contributed by atoms with Gasteiger partial charge in [-0.25, -0.2) is 0 Å². The standard InChI is InChI=1S/C14H22BNO3.ClH/c1-13(2)14(3,4)19-15(18-13)11-6-5-7-12(10-11)17-9-8-16;/h5-7,10H,8-9,16H2,1-4H3;1H. The van der Waals surface area contributed by atoms with Gasteiger partial charge in [-0.2, -0.15) is 0 Å². The first-order valence-electron chi connectivity index (χ1n) is 6.64. The van der Waals surface area contributed by atoms with Crippen LogP contribution in [0.15, 0.2) is 24.3 Å². The van der Waals surface area contributed by atoms with E-state index in [0.29, 0.717) is 13.2 Å². The van der Waals surface area contributed by atoms with Gasteiger partial charge in [-0.1, -0.05) is 12.1 Å². The molecule has 1 aliphatic rings. The van der Waals surface area contributed by atoms with Crippen LogP contribution >= 0.6 is 12.4 Å². The topological polar surface area (TPSA) is 53.7 Å². The van der Waals surface area contributed by atoms with Crippen LogP contribution in [0.5, 0.6) is 5.75 Å². The molecule has 1 aromatic rings. The molecule has 0 aliphatic carbocycles. The molecule has 4 nitrogen and oxygen atoms in total. The molecule has 1 aromatic carbocycles. The van der Waals surface area contributed by atoms with E-state index in [1.54, 1.807) is 0 Å². The highest BCUT2D eigenvalue weighted by Gasteiger charge is 2.51. The second-order valence-electron chi connectivity index (χ2n) is 5.80. The Kier molecular flexibility index (Phi) is 5.50. The number of rotatable bonds is 4. The van der Waals surface area contributed by atoms with Gasteiger partial charge in [0.05, 0.1) is 11.2 Å². The zero-order chi connectivity index (χ0) is 14.1. The summed E-state index contributed by atoms with van der Waals surface area (Å²) in [6, 6.07) is 7.77. The van der Waals surface area contributed by atoms with Crippen molar-refractivity contribution in [2.45, 2.75) is 38.9 Å². The maximum absolute atomic E-state index is 6.01. The monoisotopic (exact) mass is 299 g/mol. The SMILES string of the molecule is CC1(C)OB(c2cccc(OCCN)c2)OC1(C)C.Cl. The van der Waals surface area contributed by atoms with Gasteiger partial charge in [-0.15, -0.1) is 12.4 Å². The molecule has 1 fully saturated rings. The molecule has 0 bridgehead atoms. The summed E-state index contributed by atoms with van der Waals surface area (Å²) in [6.45, 7) is 9.18. The largest absolute Gasteiger partial charge is 0.494 e. The van der Waals surface area contributed by atoms with Crippen molar-refractivity contribution in [3.8, 4) is 5.75 Å². The quantitative estimate of drug-likeness (QED) is 0.861. The van der Waals surface area contributed by atoms with Crippen molar-refractivity contribution in [3.05, 3.63) is 24.3 Å². The predicted molar refractivity (Wildman–Crippen MR) is 84.0 cm³/mol. The van der Waals surface area contributed by atoms with Crippen LogP contribution in [0.3, 0.4) is 0 Å². The molecule has 0 unspecified atom stereocenters. The fourth-order valence-electron chi connectivity index (χ4n) is 1.91. The molecule has 2 rings (SSSR count). The van der Waals surface area contributed by atoms with Gasteiger partial charge < -0.3 is 19.8 Å². The van der Waals surface area contributed by atoms with Crippen LogP contribution in [-0.2, 0) is 9.31 Å². The Morgan fingerprint density at radius 1 is 1.15 bits per heavy atom. The van der Waals surface area contributed by atoms with Crippen LogP contribution in [-0.4, -0.2) is 31.5 Å². The molecule has 1 aliphatic heterocycles. The van der Waals surface area contributed by atoms with Crippen LogP contribution < -0.4 is 15.9 Å². The second-order valence-corrected chi connectivity index (χ2v) is 5.80. The summed E-state index contributed by atoms with van der Waals surface area (Å²) in [5.41, 5.74) is 5.74. The van der Waals surface area contributed by atoms with Crippen LogP contribution in [0.25, 0.3) is 0 Å². The molecule has 0 saturated carbocycles. The Morgan fingerprint density at radius 3 is 2.30 bits per heavy atom. The van der Waals surface area contributed by atoms with E-state index in [2.05, 4.69) is 0 Å². The molecule has 2 N–H and O–H groups in total. The average molecular weight is 300 g/mol.